The Morgan fingerprint density at radius 3 is 1.36 bits per heavy atom. The third-order valence-corrected chi connectivity index (χ3v) is 4.20. The van der Waals surface area contributed by atoms with Crippen molar-refractivity contribution in [2.75, 3.05) is 4.90 Å². The summed E-state index contributed by atoms with van der Waals surface area (Å²) in [5, 5.41) is 0. The number of alkyl halides is 3. The molecule has 148 valence electrons. The fraction of sp³-hybridized carbons (Fsp3) is 0.100. The average molecular weight is 409 g/mol. The van der Waals surface area contributed by atoms with E-state index in [2.05, 4.69) is 95.9 Å². The van der Waals surface area contributed by atoms with Gasteiger partial charge in [-0.15, -0.1) is 0 Å². The summed E-state index contributed by atoms with van der Waals surface area (Å²) in [7, 11) is -5.84. The largest absolute Gasteiger partial charge is 0.522 e. The molecule has 3 aromatic carbocycles. The maximum atomic E-state index is 10.7. The lowest BCUT2D eigenvalue weighted by molar-refractivity contribution is -0.0510. The van der Waals surface area contributed by atoms with Gasteiger partial charge in [0.05, 0.1) is 0 Å². The van der Waals surface area contributed by atoms with Gasteiger partial charge in [0.1, 0.15) is 0 Å². The lowest BCUT2D eigenvalue weighted by Gasteiger charge is -2.25. The molecule has 0 radical (unpaired) electrons. The highest BCUT2D eigenvalue weighted by Gasteiger charge is 2.44. The van der Waals surface area contributed by atoms with Gasteiger partial charge < -0.3 is 4.90 Å². The summed E-state index contributed by atoms with van der Waals surface area (Å²) < 4.78 is 57.5. The van der Waals surface area contributed by atoms with Gasteiger partial charge in [0, 0.05) is 17.9 Å². The van der Waals surface area contributed by atoms with Crippen LogP contribution in [0.5, 0.6) is 0 Å². The Morgan fingerprint density at radius 1 is 0.714 bits per heavy atom. The predicted molar refractivity (Wildman–Crippen MR) is 103 cm³/mol. The molecule has 3 rings (SSSR count). The highest BCUT2D eigenvalue weighted by atomic mass is 32.2. The molecule has 1 N–H and O–H groups in total. The lowest BCUT2D eigenvalue weighted by atomic mass is 10.1. The van der Waals surface area contributed by atoms with Crippen molar-refractivity contribution in [3.63, 3.8) is 0 Å². The number of hydrogen-bond acceptors (Lipinski definition) is 3. The van der Waals surface area contributed by atoms with Crippen LogP contribution in [0.2, 0.25) is 0 Å². The number of para-hydroxylation sites is 2. The number of rotatable bonds is 4. The van der Waals surface area contributed by atoms with Crippen molar-refractivity contribution < 1.29 is 26.1 Å². The maximum absolute atomic E-state index is 10.7. The lowest BCUT2D eigenvalue weighted by Crippen LogP contribution is -2.21. The molecule has 0 aliphatic carbocycles. The van der Waals surface area contributed by atoms with Gasteiger partial charge in [0.25, 0.3) is 0 Å². The standard InChI is InChI=1S/C19H17N.CHF3O3S/c1-4-10-17(11-5-1)16-20(18-12-6-2-7-13-18)19-14-8-3-9-15-19;2-1(3,4)8(5,6)7/h1-15H,16H2;(H,5,6,7). The molecule has 3 aromatic rings. The summed E-state index contributed by atoms with van der Waals surface area (Å²) in [5.41, 5.74) is -1.81. The van der Waals surface area contributed by atoms with E-state index in [1.165, 1.54) is 16.9 Å². The summed E-state index contributed by atoms with van der Waals surface area (Å²) in [6.45, 7) is 0.870. The van der Waals surface area contributed by atoms with Gasteiger partial charge in [0.15, 0.2) is 0 Å². The van der Waals surface area contributed by atoms with Crippen molar-refractivity contribution in [2.45, 2.75) is 12.1 Å². The molecule has 0 spiro atoms. The minimum Gasteiger partial charge on any atom is -0.337 e. The molecule has 0 amide bonds. The first kappa shape index (κ1) is 21.5. The molecule has 8 heteroatoms. The number of nitrogens with zero attached hydrogens (tertiary/aromatic N) is 1. The van der Waals surface area contributed by atoms with Crippen LogP contribution in [0, 0.1) is 0 Å². The second kappa shape index (κ2) is 9.38. The molecule has 0 aliphatic rings. The molecule has 0 fully saturated rings. The quantitative estimate of drug-likeness (QED) is 0.462. The fourth-order valence-corrected chi connectivity index (χ4v) is 2.31. The van der Waals surface area contributed by atoms with Gasteiger partial charge in [0.2, 0.25) is 0 Å². The normalized spacial score (nSPS) is 11.3. The summed E-state index contributed by atoms with van der Waals surface area (Å²) in [6, 6.07) is 31.6. The molecule has 0 unspecified atom stereocenters. The Morgan fingerprint density at radius 2 is 1.04 bits per heavy atom. The smallest absolute Gasteiger partial charge is 0.337 e. The highest BCUT2D eigenvalue weighted by Crippen LogP contribution is 2.27. The monoisotopic (exact) mass is 409 g/mol. The van der Waals surface area contributed by atoms with E-state index in [4.69, 9.17) is 13.0 Å². The molecule has 0 bridgehead atoms. The van der Waals surface area contributed by atoms with Crippen LogP contribution in [0.15, 0.2) is 91.0 Å². The zero-order valence-electron chi connectivity index (χ0n) is 14.6. The summed E-state index contributed by atoms with van der Waals surface area (Å²) in [5.74, 6) is 0. The van der Waals surface area contributed by atoms with Gasteiger partial charge in [-0.25, -0.2) is 0 Å². The van der Waals surface area contributed by atoms with Gasteiger partial charge in [-0.1, -0.05) is 66.7 Å². The number of anilines is 2. The van der Waals surface area contributed by atoms with Crippen molar-refractivity contribution in [1.82, 2.24) is 0 Å². The number of hydrogen-bond donors (Lipinski definition) is 1. The molecule has 0 saturated carbocycles. The van der Waals surface area contributed by atoms with Gasteiger partial charge in [-0.3, -0.25) is 4.55 Å². The van der Waals surface area contributed by atoms with E-state index in [-0.39, 0.29) is 0 Å². The third kappa shape index (κ3) is 6.40. The van der Waals surface area contributed by atoms with E-state index in [0.29, 0.717) is 0 Å². The molecule has 4 nitrogen and oxygen atoms in total. The second-order valence-electron chi connectivity index (χ2n) is 5.66. The third-order valence-electron chi connectivity index (χ3n) is 3.61. The minimum atomic E-state index is -5.84. The van der Waals surface area contributed by atoms with Crippen LogP contribution in [-0.4, -0.2) is 18.5 Å². The topological polar surface area (TPSA) is 57.6 Å². The zero-order chi connectivity index (χ0) is 20.6. The van der Waals surface area contributed by atoms with Crippen LogP contribution in [-0.2, 0) is 16.7 Å². The fourth-order valence-electron chi connectivity index (χ4n) is 2.31. The van der Waals surface area contributed by atoms with E-state index in [0.717, 1.165) is 6.54 Å². The summed E-state index contributed by atoms with van der Waals surface area (Å²) >= 11 is 0. The van der Waals surface area contributed by atoms with Crippen LogP contribution in [0.3, 0.4) is 0 Å². The molecular weight excluding hydrogens is 391 g/mol. The van der Waals surface area contributed by atoms with Crippen LogP contribution >= 0.6 is 0 Å². The molecule has 0 heterocycles. The van der Waals surface area contributed by atoms with E-state index in [1.807, 2.05) is 0 Å². The van der Waals surface area contributed by atoms with Crippen molar-refractivity contribution in [3.8, 4) is 0 Å². The first-order valence-corrected chi connectivity index (χ1v) is 9.58. The van der Waals surface area contributed by atoms with Crippen molar-refractivity contribution in [3.05, 3.63) is 96.6 Å². The SMILES string of the molecule is O=S(=O)(O)C(F)(F)F.c1ccc(CN(c2ccccc2)c2ccccc2)cc1. The predicted octanol–water partition coefficient (Wildman–Crippen LogP) is 5.42. The Balaban J connectivity index is 0.000000300. The molecule has 0 saturated heterocycles. The van der Waals surface area contributed by atoms with Gasteiger partial charge in [-0.05, 0) is 29.8 Å². The van der Waals surface area contributed by atoms with E-state index < -0.39 is 15.6 Å². The molecular formula is C20H18F3NO3S. The molecule has 0 aromatic heterocycles. The van der Waals surface area contributed by atoms with Crippen LogP contribution in [0.1, 0.15) is 5.56 Å². The maximum Gasteiger partial charge on any atom is 0.522 e. The summed E-state index contributed by atoms with van der Waals surface area (Å²) in [4.78, 5) is 2.33. The molecule has 0 atom stereocenters. The Labute approximate surface area is 161 Å². The Bertz CT molecular complexity index is 909. The number of halogens is 3. The zero-order valence-corrected chi connectivity index (χ0v) is 15.4. The Hall–Kier alpha value is -2.84. The first-order valence-electron chi connectivity index (χ1n) is 8.14. The minimum absolute atomic E-state index is 0.870. The van der Waals surface area contributed by atoms with E-state index in [9.17, 15) is 13.2 Å². The first-order chi connectivity index (χ1) is 13.2. The van der Waals surface area contributed by atoms with Gasteiger partial charge in [-0.2, -0.15) is 21.6 Å². The number of benzene rings is 3. The van der Waals surface area contributed by atoms with Crippen molar-refractivity contribution >= 4 is 21.5 Å². The average Bonchev–Trinajstić information content (AvgIpc) is 2.67. The second-order valence-corrected chi connectivity index (χ2v) is 7.08. The van der Waals surface area contributed by atoms with Crippen LogP contribution in [0.4, 0.5) is 24.5 Å². The van der Waals surface area contributed by atoms with Crippen molar-refractivity contribution in [2.24, 2.45) is 0 Å². The van der Waals surface area contributed by atoms with Crippen LogP contribution < -0.4 is 4.90 Å². The molecule has 28 heavy (non-hydrogen) atoms. The van der Waals surface area contributed by atoms with Crippen molar-refractivity contribution in [1.29, 1.82) is 0 Å². The van der Waals surface area contributed by atoms with Gasteiger partial charge >= 0.3 is 15.6 Å². The van der Waals surface area contributed by atoms with E-state index >= 15 is 0 Å². The summed E-state index contributed by atoms with van der Waals surface area (Å²) in [6.07, 6.45) is 0. The van der Waals surface area contributed by atoms with Crippen LogP contribution in [0.25, 0.3) is 0 Å². The van der Waals surface area contributed by atoms with E-state index in [1.54, 1.807) is 0 Å². The highest BCUT2D eigenvalue weighted by molar-refractivity contribution is 7.86. The Kier molecular flexibility index (Phi) is 7.19. The molecule has 0 aliphatic heterocycles.